The number of hydrogen-bond donors (Lipinski definition) is 2. The van der Waals surface area contributed by atoms with Crippen molar-refractivity contribution in [2.45, 2.75) is 6.42 Å². The highest BCUT2D eigenvalue weighted by Crippen LogP contribution is 2.35. The summed E-state index contributed by atoms with van der Waals surface area (Å²) in [6.07, 6.45) is 8.86. The van der Waals surface area contributed by atoms with Gasteiger partial charge in [-0.15, -0.1) is 5.11 Å². The first-order valence-electron chi connectivity index (χ1n) is 8.13. The number of para-hydroxylation sites is 1. The van der Waals surface area contributed by atoms with Gasteiger partial charge in [0.25, 0.3) is 0 Å². The molecule has 4 rings (SSSR count). The SMILES string of the molecule is C1=CC/C(=N/Nc2[nH]c3ccccc3c2N=Nc2ccccc2)C=C1. The van der Waals surface area contributed by atoms with Gasteiger partial charge >= 0.3 is 0 Å². The highest BCUT2D eigenvalue weighted by atomic mass is 15.3. The van der Waals surface area contributed by atoms with E-state index in [4.69, 9.17) is 0 Å². The summed E-state index contributed by atoms with van der Waals surface area (Å²) >= 11 is 0. The van der Waals surface area contributed by atoms with Gasteiger partial charge in [0.05, 0.1) is 11.4 Å². The lowest BCUT2D eigenvalue weighted by Gasteiger charge is -2.03. The van der Waals surface area contributed by atoms with E-state index in [-0.39, 0.29) is 0 Å². The van der Waals surface area contributed by atoms with Crippen LogP contribution in [0.25, 0.3) is 10.9 Å². The summed E-state index contributed by atoms with van der Waals surface area (Å²) in [6, 6.07) is 17.7. The van der Waals surface area contributed by atoms with Gasteiger partial charge in [0.2, 0.25) is 0 Å². The largest absolute Gasteiger partial charge is 0.338 e. The van der Waals surface area contributed by atoms with Gasteiger partial charge in [-0.3, -0.25) is 5.43 Å². The molecule has 0 saturated heterocycles. The zero-order chi connectivity index (χ0) is 16.9. The molecule has 1 aliphatic rings. The molecule has 0 amide bonds. The molecule has 0 unspecified atom stereocenters. The Labute approximate surface area is 145 Å². The van der Waals surface area contributed by atoms with Gasteiger partial charge in [0.15, 0.2) is 5.82 Å². The number of allylic oxidation sites excluding steroid dienone is 4. The molecule has 1 heterocycles. The summed E-state index contributed by atoms with van der Waals surface area (Å²) < 4.78 is 0. The molecule has 0 fully saturated rings. The summed E-state index contributed by atoms with van der Waals surface area (Å²) in [5, 5.41) is 14.3. The van der Waals surface area contributed by atoms with E-state index < -0.39 is 0 Å². The van der Waals surface area contributed by atoms with Crippen molar-refractivity contribution in [2.75, 3.05) is 5.43 Å². The Morgan fingerprint density at radius 1 is 0.880 bits per heavy atom. The number of fused-ring (bicyclic) bond motifs is 1. The number of benzene rings is 2. The quantitative estimate of drug-likeness (QED) is 0.457. The van der Waals surface area contributed by atoms with Crippen LogP contribution in [-0.2, 0) is 0 Å². The summed E-state index contributed by atoms with van der Waals surface area (Å²) in [6.45, 7) is 0. The van der Waals surface area contributed by atoms with Crippen LogP contribution in [0.15, 0.2) is 94.2 Å². The molecule has 2 N–H and O–H groups in total. The Kier molecular flexibility index (Phi) is 4.20. The van der Waals surface area contributed by atoms with Crippen molar-refractivity contribution >= 4 is 33.8 Å². The van der Waals surface area contributed by atoms with Crippen molar-refractivity contribution in [2.24, 2.45) is 15.3 Å². The summed E-state index contributed by atoms with van der Waals surface area (Å²) in [5.41, 5.74) is 6.62. The first-order valence-corrected chi connectivity index (χ1v) is 8.13. The third kappa shape index (κ3) is 3.40. The Morgan fingerprint density at radius 2 is 1.72 bits per heavy atom. The van der Waals surface area contributed by atoms with Crippen molar-refractivity contribution in [3.63, 3.8) is 0 Å². The number of H-pyrrole nitrogens is 1. The van der Waals surface area contributed by atoms with E-state index in [1.165, 1.54) is 0 Å². The normalized spacial score (nSPS) is 15.4. The number of nitrogens with zero attached hydrogens (tertiary/aromatic N) is 3. The van der Waals surface area contributed by atoms with E-state index in [1.54, 1.807) is 0 Å². The van der Waals surface area contributed by atoms with Crippen LogP contribution in [0.2, 0.25) is 0 Å². The predicted octanol–water partition coefficient (Wildman–Crippen LogP) is 5.87. The molecule has 0 saturated carbocycles. The van der Waals surface area contributed by atoms with E-state index in [0.29, 0.717) is 0 Å². The number of azo groups is 1. The number of hydrazone groups is 1. The van der Waals surface area contributed by atoms with Crippen LogP contribution in [0.3, 0.4) is 0 Å². The Balaban J connectivity index is 1.69. The van der Waals surface area contributed by atoms with Crippen LogP contribution in [-0.4, -0.2) is 10.7 Å². The lowest BCUT2D eigenvalue weighted by molar-refractivity contribution is 1.20. The fourth-order valence-corrected chi connectivity index (χ4v) is 2.63. The second-order valence-corrected chi connectivity index (χ2v) is 5.64. The number of aromatic nitrogens is 1. The number of hydrogen-bond acceptors (Lipinski definition) is 4. The maximum absolute atomic E-state index is 4.46. The van der Waals surface area contributed by atoms with Crippen molar-refractivity contribution in [1.82, 2.24) is 4.98 Å². The van der Waals surface area contributed by atoms with Crippen molar-refractivity contribution < 1.29 is 0 Å². The molecule has 0 atom stereocenters. The van der Waals surface area contributed by atoms with Crippen LogP contribution in [0, 0.1) is 0 Å². The third-order valence-electron chi connectivity index (χ3n) is 3.87. The molecule has 0 aliphatic heterocycles. The van der Waals surface area contributed by atoms with Crippen LogP contribution in [0.5, 0.6) is 0 Å². The summed E-state index contributed by atoms with van der Waals surface area (Å²) in [7, 11) is 0. The fourth-order valence-electron chi connectivity index (χ4n) is 2.63. The Bertz CT molecular complexity index is 993. The third-order valence-corrected chi connectivity index (χ3v) is 3.87. The van der Waals surface area contributed by atoms with Gasteiger partial charge < -0.3 is 4.98 Å². The molecular formula is C20H17N5. The first-order chi connectivity index (χ1) is 12.4. The average Bonchev–Trinajstić information content (AvgIpc) is 3.04. The van der Waals surface area contributed by atoms with Crippen LogP contribution >= 0.6 is 0 Å². The number of aromatic amines is 1. The second-order valence-electron chi connectivity index (χ2n) is 5.64. The lowest BCUT2D eigenvalue weighted by atomic mass is 10.2. The first kappa shape index (κ1) is 15.1. The number of rotatable bonds is 4. The maximum Gasteiger partial charge on any atom is 0.153 e. The Hall–Kier alpha value is -3.47. The standard InChI is InChI=1S/C20H17N5/c1-3-9-15(10-4-1)22-24-19-17-13-7-8-14-18(17)21-20(19)25-23-16-11-5-2-6-12-16/h1-11,13-14,21,25H,12H2/b23-16+,24-22?. The molecule has 25 heavy (non-hydrogen) atoms. The number of anilines is 1. The van der Waals surface area contributed by atoms with Crippen LogP contribution in [0.1, 0.15) is 6.42 Å². The fraction of sp³-hybridized carbons (Fsp3) is 0.0500. The molecule has 0 spiro atoms. The van der Waals surface area contributed by atoms with E-state index in [9.17, 15) is 0 Å². The predicted molar refractivity (Wildman–Crippen MR) is 103 cm³/mol. The van der Waals surface area contributed by atoms with Gasteiger partial charge in [-0.1, -0.05) is 54.6 Å². The smallest absolute Gasteiger partial charge is 0.153 e. The minimum absolute atomic E-state index is 0.733. The molecule has 1 aliphatic carbocycles. The zero-order valence-electron chi connectivity index (χ0n) is 13.6. The summed E-state index contributed by atoms with van der Waals surface area (Å²) in [5.74, 6) is 0.733. The molecule has 122 valence electrons. The van der Waals surface area contributed by atoms with Crippen molar-refractivity contribution in [1.29, 1.82) is 0 Å². The van der Waals surface area contributed by atoms with Crippen LogP contribution < -0.4 is 5.43 Å². The molecule has 5 nitrogen and oxygen atoms in total. The number of nitrogens with one attached hydrogen (secondary N) is 2. The van der Waals surface area contributed by atoms with E-state index in [0.717, 1.165) is 40.2 Å². The van der Waals surface area contributed by atoms with Crippen molar-refractivity contribution in [3.8, 4) is 0 Å². The molecule has 2 aromatic carbocycles. The van der Waals surface area contributed by atoms with Crippen LogP contribution in [0.4, 0.5) is 17.2 Å². The van der Waals surface area contributed by atoms with Gasteiger partial charge in [-0.25, -0.2) is 0 Å². The maximum atomic E-state index is 4.46. The monoisotopic (exact) mass is 327 g/mol. The van der Waals surface area contributed by atoms with Gasteiger partial charge in [0.1, 0.15) is 5.69 Å². The highest BCUT2D eigenvalue weighted by molar-refractivity contribution is 6.00. The van der Waals surface area contributed by atoms with E-state index in [2.05, 4.69) is 31.8 Å². The summed E-state index contributed by atoms with van der Waals surface area (Å²) in [4.78, 5) is 3.33. The molecule has 1 aromatic heterocycles. The lowest BCUT2D eigenvalue weighted by Crippen LogP contribution is -2.00. The topological polar surface area (TPSA) is 64.9 Å². The molecule has 3 aromatic rings. The van der Waals surface area contributed by atoms with Gasteiger partial charge in [-0.2, -0.15) is 10.2 Å². The molecule has 0 radical (unpaired) electrons. The molecule has 5 heteroatoms. The highest BCUT2D eigenvalue weighted by Gasteiger charge is 2.10. The van der Waals surface area contributed by atoms with Gasteiger partial charge in [0, 0.05) is 17.3 Å². The van der Waals surface area contributed by atoms with E-state index >= 15 is 0 Å². The van der Waals surface area contributed by atoms with E-state index in [1.807, 2.05) is 72.8 Å². The second kappa shape index (κ2) is 6.97. The molecule has 0 bridgehead atoms. The zero-order valence-corrected chi connectivity index (χ0v) is 13.6. The Morgan fingerprint density at radius 3 is 2.56 bits per heavy atom. The van der Waals surface area contributed by atoms with Gasteiger partial charge in [-0.05, 0) is 24.3 Å². The minimum atomic E-state index is 0.733. The molecular weight excluding hydrogens is 310 g/mol. The van der Waals surface area contributed by atoms with Crippen molar-refractivity contribution in [3.05, 3.63) is 78.9 Å². The average molecular weight is 327 g/mol. The minimum Gasteiger partial charge on any atom is -0.338 e.